The van der Waals surface area contributed by atoms with Gasteiger partial charge in [0, 0.05) is 62.0 Å². The maximum atomic E-state index is 12.1. The number of ether oxygens (including phenoxy) is 1. The van der Waals surface area contributed by atoms with Crippen LogP contribution in [-0.4, -0.2) is 89.7 Å². The molecule has 10 heteroatoms. The summed E-state index contributed by atoms with van der Waals surface area (Å²) < 4.78 is 6.13. The van der Waals surface area contributed by atoms with E-state index in [4.69, 9.17) is 14.7 Å². The molecule has 2 saturated heterocycles. The molecule has 41 heavy (non-hydrogen) atoms. The zero-order valence-electron chi connectivity index (χ0n) is 23.8. The maximum Gasteiger partial charge on any atom is 2.00 e. The van der Waals surface area contributed by atoms with Crippen LogP contribution < -0.4 is 14.5 Å². The molecule has 0 saturated carbocycles. The van der Waals surface area contributed by atoms with Crippen molar-refractivity contribution >= 4 is 28.2 Å². The first-order valence-electron chi connectivity index (χ1n) is 13.8. The first-order valence-corrected chi connectivity index (χ1v) is 13.8. The van der Waals surface area contributed by atoms with E-state index in [1.807, 2.05) is 29.2 Å². The summed E-state index contributed by atoms with van der Waals surface area (Å²) in [6.45, 7) is 11.1. The Morgan fingerprint density at radius 1 is 1.07 bits per heavy atom. The van der Waals surface area contributed by atoms with Gasteiger partial charge in [0.2, 0.25) is 5.91 Å². The first kappa shape index (κ1) is 31.1. The molecule has 1 amide bonds. The van der Waals surface area contributed by atoms with Crippen LogP contribution in [0.2, 0.25) is 0 Å². The molecule has 2 aromatic carbocycles. The zero-order chi connectivity index (χ0) is 26.8. The van der Waals surface area contributed by atoms with E-state index in [9.17, 15) is 9.90 Å². The van der Waals surface area contributed by atoms with Crippen molar-refractivity contribution in [2.45, 2.75) is 19.4 Å². The number of aromatic nitrogens is 2. The molecule has 2 fully saturated rings. The molecule has 0 unspecified atom stereocenters. The van der Waals surface area contributed by atoms with Gasteiger partial charge >= 0.3 is 37.1 Å². The van der Waals surface area contributed by atoms with Crippen molar-refractivity contribution < 1.29 is 45.8 Å². The number of hydrogen-bond acceptors (Lipinski definition) is 8. The normalized spacial score (nSPS) is 17.0. The van der Waals surface area contributed by atoms with Crippen LogP contribution in [0.1, 0.15) is 17.7 Å². The monoisotopic (exact) mass is 780 g/mol. The van der Waals surface area contributed by atoms with Gasteiger partial charge in [0.1, 0.15) is 18.2 Å². The number of aromatic hydroxyl groups is 1. The number of carbonyl (C=O) groups is 1. The number of phenolic OH excluding ortho intramolecular Hbond substituents is 1. The number of hydrogen-bond donors (Lipinski definition) is 1. The summed E-state index contributed by atoms with van der Waals surface area (Å²) in [5, 5.41) is 12.6. The second-order valence-corrected chi connectivity index (χ2v) is 10.4. The van der Waals surface area contributed by atoms with Crippen molar-refractivity contribution in [3.63, 3.8) is 0 Å². The Balaban J connectivity index is 0.00000194. The number of amides is 1. The quantitative estimate of drug-likeness (QED) is 0.289. The van der Waals surface area contributed by atoms with Crippen molar-refractivity contribution in [2.75, 3.05) is 68.8 Å². The van der Waals surface area contributed by atoms with Crippen LogP contribution in [0.4, 0.5) is 11.5 Å². The van der Waals surface area contributed by atoms with Crippen molar-refractivity contribution in [3.8, 4) is 11.8 Å². The number of anilines is 2. The third-order valence-electron chi connectivity index (χ3n) is 7.93. The number of nitrogens with zero attached hydrogens (tertiary/aromatic N) is 6. The minimum Gasteiger partial charge on any atom is -0.508 e. The van der Waals surface area contributed by atoms with Crippen LogP contribution in [0.25, 0.3) is 10.8 Å². The topological polar surface area (TPSA) is 85.3 Å². The van der Waals surface area contributed by atoms with Crippen molar-refractivity contribution in [2.24, 2.45) is 0 Å². The van der Waals surface area contributed by atoms with Crippen molar-refractivity contribution in [1.82, 2.24) is 19.8 Å². The Kier molecular flexibility index (Phi) is 10.6. The number of benzene rings is 2. The second kappa shape index (κ2) is 13.9. The van der Waals surface area contributed by atoms with Crippen LogP contribution in [-0.2, 0) is 17.8 Å². The van der Waals surface area contributed by atoms with E-state index < -0.39 is 0 Å². The van der Waals surface area contributed by atoms with E-state index >= 15 is 0 Å². The van der Waals surface area contributed by atoms with Crippen LogP contribution in [0.3, 0.4) is 0 Å². The molecule has 0 atom stereocenters. The molecular formula is C31H38N6O3U. The van der Waals surface area contributed by atoms with Gasteiger partial charge in [0.15, 0.2) is 0 Å². The third kappa shape index (κ3) is 6.82. The van der Waals surface area contributed by atoms with E-state index in [-0.39, 0.29) is 50.2 Å². The van der Waals surface area contributed by atoms with Crippen LogP contribution in [0.5, 0.6) is 11.8 Å². The molecule has 3 aromatic rings. The summed E-state index contributed by atoms with van der Waals surface area (Å²) in [5.74, 6) is 1.14. The molecule has 0 bridgehead atoms. The van der Waals surface area contributed by atoms with Gasteiger partial charge in [-0.15, -0.1) is 6.54 Å². The molecule has 3 aliphatic rings. The molecule has 214 valence electrons. The van der Waals surface area contributed by atoms with E-state index in [0.717, 1.165) is 72.6 Å². The van der Waals surface area contributed by atoms with E-state index in [1.54, 1.807) is 6.07 Å². The van der Waals surface area contributed by atoms with Crippen molar-refractivity contribution in [1.29, 1.82) is 0 Å². The van der Waals surface area contributed by atoms with Gasteiger partial charge in [-0.25, -0.2) is 0 Å². The maximum absolute atomic E-state index is 12.1. The fourth-order valence-corrected chi connectivity index (χ4v) is 5.83. The van der Waals surface area contributed by atoms with Crippen LogP contribution in [0.15, 0.2) is 49.1 Å². The molecule has 4 heterocycles. The average Bonchev–Trinajstić information content (AvgIpc) is 3.49. The van der Waals surface area contributed by atoms with Crippen LogP contribution in [0, 0.1) is 45.0 Å². The Labute approximate surface area is 266 Å². The summed E-state index contributed by atoms with van der Waals surface area (Å²) >= 11 is 0. The Hall–Kier alpha value is -2.80. The number of piperazine rings is 1. The van der Waals surface area contributed by atoms with Crippen LogP contribution >= 0.6 is 0 Å². The van der Waals surface area contributed by atoms with E-state index in [2.05, 4.69) is 33.8 Å². The summed E-state index contributed by atoms with van der Waals surface area (Å²) in [4.78, 5) is 30.7. The molecule has 0 spiro atoms. The molecule has 3 aliphatic heterocycles. The number of phenols is 1. The first-order chi connectivity index (χ1) is 19.1. The van der Waals surface area contributed by atoms with Crippen molar-refractivity contribution in [3.05, 3.63) is 74.2 Å². The Bertz CT molecular complexity index is 1370. The molecule has 9 nitrogen and oxygen atoms in total. The van der Waals surface area contributed by atoms with Gasteiger partial charge in [0.05, 0.1) is 12.2 Å². The molecule has 0 radical (unpaired) electrons. The fraction of sp³-hybridized carbons (Fsp3) is 0.387. The predicted octanol–water partition coefficient (Wildman–Crippen LogP) is 3.47. The van der Waals surface area contributed by atoms with Gasteiger partial charge in [-0.3, -0.25) is 4.79 Å². The molecule has 0 aliphatic carbocycles. The van der Waals surface area contributed by atoms with Gasteiger partial charge in [-0.1, -0.05) is 30.8 Å². The predicted molar refractivity (Wildman–Crippen MR) is 159 cm³/mol. The molecule has 6 rings (SSSR count). The van der Waals surface area contributed by atoms with E-state index in [0.29, 0.717) is 45.3 Å². The number of rotatable bonds is 7. The largest absolute Gasteiger partial charge is 2.00 e. The summed E-state index contributed by atoms with van der Waals surface area (Å²) in [7, 11) is 0. The molecular weight excluding hydrogens is 742 g/mol. The summed E-state index contributed by atoms with van der Waals surface area (Å²) in [5.41, 5.74) is 3.09. The minimum atomic E-state index is -0.0310. The standard InChI is InChI=1S/C30H35N6O3.CH3.U/c1-2-28(38)34-13-15-35(16-14-34)29-25-9-12-36(27-20-23(37)19-22-7-3-4-8-24(22)27)21-26(25)31-30(32-29)39-18-17-33-10-5-6-11-33;;/h2-5,7-8,19-20,37H,1,6,9-18,21H2;1H3;/q2*-1;+2. The second-order valence-electron chi connectivity index (χ2n) is 10.4. The van der Waals surface area contributed by atoms with Gasteiger partial charge in [-0.2, -0.15) is 16.4 Å². The Morgan fingerprint density at radius 3 is 2.63 bits per heavy atom. The molecule has 1 N–H and O–H groups in total. The van der Waals surface area contributed by atoms with Gasteiger partial charge in [0.25, 0.3) is 0 Å². The zero-order valence-corrected chi connectivity index (χ0v) is 27.9. The summed E-state index contributed by atoms with van der Waals surface area (Å²) in [6, 6.07) is 12.2. The Morgan fingerprint density at radius 2 is 1.88 bits per heavy atom. The number of likely N-dealkylation sites (tertiary alicyclic amines) is 1. The SMILES string of the molecule is C=CC(=O)N1CCN(c2nc(OCCN3C[CH-]CC3)nc3c2CCN(c2cc(O)cc4ccccc24)C3)CC1.[CH3-].[U+2]. The smallest absolute Gasteiger partial charge is 0.508 e. The third-order valence-corrected chi connectivity index (χ3v) is 7.93. The van der Waals surface area contributed by atoms with Gasteiger partial charge in [-0.05, 0) is 30.5 Å². The fourth-order valence-electron chi connectivity index (χ4n) is 5.83. The molecule has 1 aromatic heterocycles. The summed E-state index contributed by atoms with van der Waals surface area (Å²) in [6.07, 6.45) is 5.58. The number of fused-ring (bicyclic) bond motifs is 2. The minimum absolute atomic E-state index is 0. The van der Waals surface area contributed by atoms with E-state index in [1.165, 1.54) is 6.08 Å². The average molecular weight is 781 g/mol. The van der Waals surface area contributed by atoms with Gasteiger partial charge < -0.3 is 43.3 Å². The number of carbonyl (C=O) groups excluding carboxylic acids is 1.